The fraction of sp³-hybridized carbons (Fsp3) is 0.323. The maximum absolute atomic E-state index is 13.8. The van der Waals surface area contributed by atoms with E-state index in [2.05, 4.69) is 61.7 Å². The van der Waals surface area contributed by atoms with Gasteiger partial charge in [-0.05, 0) is 42.5 Å². The van der Waals surface area contributed by atoms with Crippen molar-refractivity contribution >= 4 is 22.3 Å². The molecule has 1 aliphatic heterocycles. The van der Waals surface area contributed by atoms with Crippen LogP contribution in [0.2, 0.25) is 0 Å². The zero-order valence-corrected chi connectivity index (χ0v) is 23.0. The predicted octanol–water partition coefficient (Wildman–Crippen LogP) is 5.22. The molecule has 2 fully saturated rings. The summed E-state index contributed by atoms with van der Waals surface area (Å²) in [6, 6.07) is 17.4. The highest BCUT2D eigenvalue weighted by Gasteiger charge is 2.38. The molecule has 9 nitrogen and oxygen atoms in total. The third-order valence-corrected chi connectivity index (χ3v) is 7.62. The van der Waals surface area contributed by atoms with Crippen LogP contribution in [0.5, 0.6) is 5.75 Å². The van der Waals surface area contributed by atoms with Gasteiger partial charge >= 0.3 is 0 Å². The first kappa shape index (κ1) is 25.7. The molecule has 41 heavy (non-hydrogen) atoms. The van der Waals surface area contributed by atoms with E-state index < -0.39 is 18.0 Å². The lowest BCUT2D eigenvalue weighted by molar-refractivity contribution is 0.222. The SMILES string of the molecule is [2H]C(Nc1cc(OC)c2ncc(C#N)c(N[C@H](CC)c3ccccc3)c2c1)(c1ccc(F)nc1)C1CN(C2CC2)NN1. The first-order valence-corrected chi connectivity index (χ1v) is 13.8. The zero-order valence-electron chi connectivity index (χ0n) is 24.0. The molecule has 2 aliphatic rings. The largest absolute Gasteiger partial charge is 0.494 e. The van der Waals surface area contributed by atoms with E-state index in [0.29, 0.717) is 51.7 Å². The molecule has 1 saturated heterocycles. The number of hydrogen-bond acceptors (Lipinski definition) is 9. The Labute approximate surface area is 240 Å². The van der Waals surface area contributed by atoms with Gasteiger partial charge in [0.25, 0.3) is 0 Å². The van der Waals surface area contributed by atoms with E-state index >= 15 is 0 Å². The minimum Gasteiger partial charge on any atom is -0.494 e. The fourth-order valence-electron chi connectivity index (χ4n) is 5.31. The molecule has 1 saturated carbocycles. The lowest BCUT2D eigenvalue weighted by atomic mass is 9.99. The van der Waals surface area contributed by atoms with E-state index in [4.69, 9.17) is 4.74 Å². The van der Waals surface area contributed by atoms with E-state index in [1.165, 1.54) is 12.3 Å². The summed E-state index contributed by atoms with van der Waals surface area (Å²) in [7, 11) is 1.57. The third-order valence-electron chi connectivity index (χ3n) is 7.62. The molecule has 2 unspecified atom stereocenters. The van der Waals surface area contributed by atoms with E-state index in [9.17, 15) is 11.0 Å². The number of nitriles is 1. The highest BCUT2D eigenvalue weighted by atomic mass is 19.1. The molecule has 10 heteroatoms. The summed E-state index contributed by atoms with van der Waals surface area (Å²) in [5, 5.41) is 19.8. The van der Waals surface area contributed by atoms with Gasteiger partial charge in [0.15, 0.2) is 0 Å². The summed E-state index contributed by atoms with van der Waals surface area (Å²) < 4.78 is 29.3. The average Bonchev–Trinajstić information content (AvgIpc) is 3.75. The quantitative estimate of drug-likeness (QED) is 0.197. The Morgan fingerprint density at radius 1 is 1.15 bits per heavy atom. The topological polar surface area (TPSA) is 110 Å². The van der Waals surface area contributed by atoms with Gasteiger partial charge in [0, 0.05) is 42.1 Å². The predicted molar refractivity (Wildman–Crippen MR) is 156 cm³/mol. The van der Waals surface area contributed by atoms with Crippen molar-refractivity contribution in [2.75, 3.05) is 24.3 Å². The zero-order chi connectivity index (χ0) is 29.3. The van der Waals surface area contributed by atoms with Crippen LogP contribution in [0.4, 0.5) is 15.8 Å². The monoisotopic (exact) mass is 553 g/mol. The van der Waals surface area contributed by atoms with Crippen LogP contribution in [0.3, 0.4) is 0 Å². The minimum atomic E-state index is -1.44. The van der Waals surface area contributed by atoms with Gasteiger partial charge in [0.1, 0.15) is 17.3 Å². The fourth-order valence-corrected chi connectivity index (χ4v) is 5.31. The number of halogens is 1. The summed E-state index contributed by atoms with van der Waals surface area (Å²) >= 11 is 0. The Morgan fingerprint density at radius 3 is 2.66 bits per heavy atom. The number of aromatic nitrogens is 2. The van der Waals surface area contributed by atoms with Crippen molar-refractivity contribution < 1.29 is 10.5 Å². The third kappa shape index (κ3) is 5.65. The molecule has 0 spiro atoms. The van der Waals surface area contributed by atoms with E-state index in [0.717, 1.165) is 24.8 Å². The van der Waals surface area contributed by atoms with Crippen molar-refractivity contribution in [1.82, 2.24) is 25.9 Å². The van der Waals surface area contributed by atoms with Gasteiger partial charge in [-0.2, -0.15) is 15.2 Å². The molecule has 4 aromatic rings. The molecule has 1 aliphatic carbocycles. The van der Waals surface area contributed by atoms with Crippen LogP contribution < -0.4 is 26.3 Å². The lowest BCUT2D eigenvalue weighted by Gasteiger charge is -2.26. The number of benzene rings is 2. The van der Waals surface area contributed by atoms with Crippen LogP contribution in [0, 0.1) is 17.3 Å². The second kappa shape index (κ2) is 11.7. The second-order valence-electron chi connectivity index (χ2n) is 10.3. The maximum atomic E-state index is 13.8. The summed E-state index contributed by atoms with van der Waals surface area (Å²) in [6.07, 6.45) is 5.94. The Hall–Kier alpha value is -4.30. The molecule has 210 valence electrons. The number of pyridine rings is 2. The average molecular weight is 554 g/mol. The van der Waals surface area contributed by atoms with Gasteiger partial charge in [-0.1, -0.05) is 43.3 Å². The molecule has 0 bridgehead atoms. The Balaban J connectivity index is 1.44. The summed E-state index contributed by atoms with van der Waals surface area (Å²) in [6.45, 7) is 2.65. The molecule has 3 heterocycles. The summed E-state index contributed by atoms with van der Waals surface area (Å²) in [5.74, 6) is -0.118. The van der Waals surface area contributed by atoms with E-state index in [1.54, 1.807) is 25.4 Å². The Kier molecular flexibility index (Phi) is 7.30. The van der Waals surface area contributed by atoms with Gasteiger partial charge in [-0.3, -0.25) is 4.98 Å². The normalized spacial score (nSPS) is 19.7. The molecule has 2 aromatic carbocycles. The molecule has 6 rings (SSSR count). The van der Waals surface area contributed by atoms with E-state index in [-0.39, 0.29) is 6.04 Å². The first-order chi connectivity index (χ1) is 20.4. The molecule has 0 amide bonds. The Morgan fingerprint density at radius 2 is 1.98 bits per heavy atom. The first-order valence-electron chi connectivity index (χ1n) is 14.3. The highest BCUT2D eigenvalue weighted by molar-refractivity contribution is 5.99. The van der Waals surface area contributed by atoms with Crippen molar-refractivity contribution in [1.29, 1.82) is 5.26 Å². The maximum Gasteiger partial charge on any atom is 0.212 e. The molecule has 0 radical (unpaired) electrons. The van der Waals surface area contributed by atoms with Gasteiger partial charge < -0.3 is 15.4 Å². The van der Waals surface area contributed by atoms with Crippen LogP contribution in [0.25, 0.3) is 10.9 Å². The van der Waals surface area contributed by atoms with Gasteiger partial charge in [0.2, 0.25) is 5.95 Å². The van der Waals surface area contributed by atoms with Crippen molar-refractivity contribution in [3.63, 3.8) is 0 Å². The molecular weight excluding hydrogens is 519 g/mol. The van der Waals surface area contributed by atoms with Crippen LogP contribution in [0.15, 0.2) is 67.0 Å². The number of anilines is 2. The smallest absolute Gasteiger partial charge is 0.212 e. The number of fused-ring (bicyclic) bond motifs is 1. The lowest BCUT2D eigenvalue weighted by Crippen LogP contribution is -2.40. The van der Waals surface area contributed by atoms with Gasteiger partial charge in [-0.25, -0.2) is 15.4 Å². The number of rotatable bonds is 10. The summed E-state index contributed by atoms with van der Waals surface area (Å²) in [4.78, 5) is 8.41. The number of methoxy groups -OCH3 is 1. The van der Waals surface area contributed by atoms with Crippen molar-refractivity contribution in [2.45, 2.75) is 50.3 Å². The van der Waals surface area contributed by atoms with Crippen LogP contribution in [-0.2, 0) is 0 Å². The highest BCUT2D eigenvalue weighted by Crippen LogP contribution is 2.38. The Bertz CT molecular complexity index is 1610. The van der Waals surface area contributed by atoms with Gasteiger partial charge in [-0.15, -0.1) is 0 Å². The van der Waals surface area contributed by atoms with Crippen LogP contribution in [0.1, 0.15) is 56.3 Å². The molecule has 3 atom stereocenters. The van der Waals surface area contributed by atoms with Crippen LogP contribution in [-0.4, -0.2) is 40.7 Å². The molecular formula is C31H33FN8O. The van der Waals surface area contributed by atoms with Crippen molar-refractivity contribution in [3.8, 4) is 11.8 Å². The number of nitrogens with zero attached hydrogens (tertiary/aromatic N) is 4. The second-order valence-corrected chi connectivity index (χ2v) is 10.3. The molecule has 4 N–H and O–H groups in total. The number of nitrogens with one attached hydrogen (secondary N) is 4. The number of hydrogen-bond donors (Lipinski definition) is 4. The minimum absolute atomic E-state index is 0.0470. The summed E-state index contributed by atoms with van der Waals surface area (Å²) in [5.41, 5.74) is 10.3. The standard InChI is InChI=1S/C31H33FN8O/c1-3-25(19-7-5-4-6-8-19)37-29-21(15-33)17-35-31-24(29)13-22(14-27(31)41-2)36-30(20-9-12-28(32)34-16-20)26-18-40(39-38-26)23-10-11-23/h4-9,12-14,16-17,23,25-26,30,36,38-39H,3,10-11,18H2,1-2H3,(H,35,37)/t25-,26?,30?/m1/s1/i30D. The number of ether oxygens (including phenoxy) is 1. The molecule has 2 aromatic heterocycles. The number of hydrazine groups is 2. The van der Waals surface area contributed by atoms with Gasteiger partial charge in [0.05, 0.1) is 37.8 Å². The van der Waals surface area contributed by atoms with E-state index in [1.807, 2.05) is 24.3 Å². The van der Waals surface area contributed by atoms with Crippen molar-refractivity contribution in [2.24, 2.45) is 0 Å². The van der Waals surface area contributed by atoms with Crippen LogP contribution >= 0.6 is 0 Å². The van der Waals surface area contributed by atoms with Crippen molar-refractivity contribution in [3.05, 3.63) is 89.6 Å².